The smallest absolute Gasteiger partial charge is 0.107 e. The van der Waals surface area contributed by atoms with Gasteiger partial charge in [0.15, 0.2) is 0 Å². The van der Waals surface area contributed by atoms with Crippen LogP contribution in [0.1, 0.15) is 37.2 Å². The van der Waals surface area contributed by atoms with Crippen molar-refractivity contribution >= 4 is 22.9 Å². The second-order valence-corrected chi connectivity index (χ2v) is 4.53. The number of nitrogens with two attached hydrogens (primary N) is 1. The van der Waals surface area contributed by atoms with Gasteiger partial charge in [0.1, 0.15) is 4.99 Å². The number of aryl methyl sites for hydroxylation is 2. The van der Waals surface area contributed by atoms with Crippen molar-refractivity contribution in [3.05, 3.63) is 23.0 Å². The first-order valence-electron chi connectivity index (χ1n) is 5.50. The monoisotopic (exact) mass is 237 g/mol. The minimum absolute atomic E-state index is 0.397. The number of thiocarbonyl (C=S) groups is 1. The van der Waals surface area contributed by atoms with Gasteiger partial charge in [0.05, 0.1) is 5.56 Å². The van der Waals surface area contributed by atoms with Crippen molar-refractivity contribution in [2.45, 2.75) is 40.2 Å². The van der Waals surface area contributed by atoms with Gasteiger partial charge in [-0.05, 0) is 33.3 Å². The van der Waals surface area contributed by atoms with E-state index in [-0.39, 0.29) is 0 Å². The summed E-state index contributed by atoms with van der Waals surface area (Å²) < 4.78 is 0. The molecule has 1 aromatic rings. The maximum Gasteiger partial charge on any atom is 0.107 e. The molecule has 0 bridgehead atoms. The molecular weight excluding hydrogens is 218 g/mol. The van der Waals surface area contributed by atoms with Gasteiger partial charge in [0.2, 0.25) is 0 Å². The minimum Gasteiger partial charge on any atom is -0.389 e. The summed E-state index contributed by atoms with van der Waals surface area (Å²) in [6.45, 7) is 8.18. The topological polar surface area (TPSA) is 50.9 Å². The van der Waals surface area contributed by atoms with Crippen LogP contribution in [0.3, 0.4) is 0 Å². The van der Waals surface area contributed by atoms with Crippen LogP contribution in [0.25, 0.3) is 0 Å². The Morgan fingerprint density at radius 1 is 1.56 bits per heavy atom. The molecule has 0 spiro atoms. The minimum atomic E-state index is 0.397. The van der Waals surface area contributed by atoms with Gasteiger partial charge in [-0.1, -0.05) is 19.1 Å². The van der Waals surface area contributed by atoms with E-state index in [0.29, 0.717) is 11.0 Å². The number of nitrogens with zero attached hydrogens (tertiary/aromatic N) is 1. The van der Waals surface area contributed by atoms with Crippen molar-refractivity contribution < 1.29 is 0 Å². The van der Waals surface area contributed by atoms with Crippen LogP contribution in [0.4, 0.5) is 5.69 Å². The van der Waals surface area contributed by atoms with Crippen molar-refractivity contribution in [2.75, 3.05) is 5.32 Å². The molecule has 0 aromatic carbocycles. The van der Waals surface area contributed by atoms with Crippen molar-refractivity contribution in [1.29, 1.82) is 0 Å². The Labute approximate surface area is 102 Å². The van der Waals surface area contributed by atoms with E-state index < -0.39 is 0 Å². The highest BCUT2D eigenvalue weighted by Crippen LogP contribution is 2.20. The van der Waals surface area contributed by atoms with E-state index >= 15 is 0 Å². The Hall–Kier alpha value is -1.16. The van der Waals surface area contributed by atoms with Crippen molar-refractivity contribution in [3.63, 3.8) is 0 Å². The molecule has 1 aromatic heterocycles. The molecular formula is C12H19N3S. The lowest BCUT2D eigenvalue weighted by atomic mass is 10.1. The molecule has 16 heavy (non-hydrogen) atoms. The third kappa shape index (κ3) is 2.92. The van der Waals surface area contributed by atoms with E-state index in [9.17, 15) is 0 Å². The molecule has 0 amide bonds. The first-order valence-corrected chi connectivity index (χ1v) is 5.91. The lowest BCUT2D eigenvalue weighted by molar-refractivity contribution is 0.763. The molecule has 3 nitrogen and oxygen atoms in total. The number of rotatable bonds is 4. The van der Waals surface area contributed by atoms with E-state index in [0.717, 1.165) is 29.1 Å². The van der Waals surface area contributed by atoms with Gasteiger partial charge in [-0.2, -0.15) is 0 Å². The molecule has 0 aliphatic carbocycles. The number of anilines is 1. The average Bonchev–Trinajstić information content (AvgIpc) is 2.15. The lowest BCUT2D eigenvalue weighted by Crippen LogP contribution is -2.20. The van der Waals surface area contributed by atoms with Gasteiger partial charge in [-0.3, -0.25) is 4.98 Å². The van der Waals surface area contributed by atoms with Crippen LogP contribution in [0.2, 0.25) is 0 Å². The maximum absolute atomic E-state index is 5.73. The molecule has 1 atom stereocenters. The first-order chi connectivity index (χ1) is 7.45. The molecule has 0 aliphatic heterocycles. The molecule has 1 heterocycles. The van der Waals surface area contributed by atoms with Crippen LogP contribution in [0, 0.1) is 13.8 Å². The zero-order chi connectivity index (χ0) is 12.3. The van der Waals surface area contributed by atoms with Crippen LogP contribution < -0.4 is 11.1 Å². The van der Waals surface area contributed by atoms with E-state index in [2.05, 4.69) is 24.1 Å². The number of hydrogen-bond donors (Lipinski definition) is 2. The standard InChI is InChI=1S/C12H19N3S/c1-5-7(2)15-10-6-8(3)14-9(4)11(10)12(13)16/h6-7H,5H2,1-4H3,(H2,13,16)(H,14,15). The van der Waals surface area contributed by atoms with Crippen LogP contribution in [0.5, 0.6) is 0 Å². The van der Waals surface area contributed by atoms with E-state index in [1.165, 1.54) is 0 Å². The quantitative estimate of drug-likeness (QED) is 0.790. The molecule has 1 unspecified atom stereocenters. The third-order valence-corrected chi connectivity index (χ3v) is 2.79. The summed E-state index contributed by atoms with van der Waals surface area (Å²) in [6.07, 6.45) is 1.05. The molecule has 0 radical (unpaired) electrons. The lowest BCUT2D eigenvalue weighted by Gasteiger charge is -2.18. The highest BCUT2D eigenvalue weighted by atomic mass is 32.1. The summed E-state index contributed by atoms with van der Waals surface area (Å²) in [4.78, 5) is 4.78. The molecule has 0 saturated heterocycles. The second-order valence-electron chi connectivity index (χ2n) is 4.09. The molecule has 0 fully saturated rings. The Morgan fingerprint density at radius 3 is 2.69 bits per heavy atom. The van der Waals surface area contributed by atoms with Gasteiger partial charge in [0.25, 0.3) is 0 Å². The summed E-state index contributed by atoms with van der Waals surface area (Å²) >= 11 is 5.07. The fraction of sp³-hybridized carbons (Fsp3) is 0.500. The summed E-state index contributed by atoms with van der Waals surface area (Å²) in [7, 11) is 0. The van der Waals surface area contributed by atoms with E-state index in [1.54, 1.807) is 0 Å². The first kappa shape index (κ1) is 12.9. The second kappa shape index (κ2) is 5.25. The fourth-order valence-electron chi connectivity index (χ4n) is 1.62. The Kier molecular flexibility index (Phi) is 4.24. The Balaban J connectivity index is 3.19. The van der Waals surface area contributed by atoms with Crippen molar-refractivity contribution in [2.24, 2.45) is 5.73 Å². The Bertz CT molecular complexity index is 401. The van der Waals surface area contributed by atoms with Crippen LogP contribution in [0.15, 0.2) is 6.07 Å². The normalized spacial score (nSPS) is 12.2. The summed E-state index contributed by atoms with van der Waals surface area (Å²) in [6, 6.07) is 2.39. The third-order valence-electron chi connectivity index (χ3n) is 2.59. The number of pyridine rings is 1. The van der Waals surface area contributed by atoms with E-state index in [1.807, 2.05) is 19.9 Å². The highest BCUT2D eigenvalue weighted by molar-refractivity contribution is 7.80. The average molecular weight is 237 g/mol. The Morgan fingerprint density at radius 2 is 2.19 bits per heavy atom. The molecule has 4 heteroatoms. The summed E-state index contributed by atoms with van der Waals surface area (Å²) in [5, 5.41) is 3.42. The van der Waals surface area contributed by atoms with Crippen LogP contribution in [-0.4, -0.2) is 16.0 Å². The zero-order valence-electron chi connectivity index (χ0n) is 10.3. The largest absolute Gasteiger partial charge is 0.389 e. The predicted octanol–water partition coefficient (Wildman–Crippen LogP) is 2.54. The van der Waals surface area contributed by atoms with Gasteiger partial charge >= 0.3 is 0 Å². The summed E-state index contributed by atoms with van der Waals surface area (Å²) in [5.41, 5.74) is 9.45. The number of nitrogens with one attached hydrogen (secondary N) is 1. The fourth-order valence-corrected chi connectivity index (χ4v) is 1.88. The van der Waals surface area contributed by atoms with Crippen LogP contribution in [-0.2, 0) is 0 Å². The van der Waals surface area contributed by atoms with Gasteiger partial charge in [-0.15, -0.1) is 0 Å². The highest BCUT2D eigenvalue weighted by Gasteiger charge is 2.12. The SMILES string of the molecule is CCC(C)Nc1cc(C)nc(C)c1C(N)=S. The van der Waals surface area contributed by atoms with Gasteiger partial charge < -0.3 is 11.1 Å². The van der Waals surface area contributed by atoms with Gasteiger partial charge in [-0.25, -0.2) is 0 Å². The molecule has 0 aliphatic rings. The molecule has 3 N–H and O–H groups in total. The molecule has 0 saturated carbocycles. The van der Waals surface area contributed by atoms with Crippen LogP contribution >= 0.6 is 12.2 Å². The number of hydrogen-bond acceptors (Lipinski definition) is 3. The molecule has 1 rings (SSSR count). The van der Waals surface area contributed by atoms with Crippen molar-refractivity contribution in [1.82, 2.24) is 4.98 Å². The number of aromatic nitrogens is 1. The van der Waals surface area contributed by atoms with Gasteiger partial charge in [0, 0.05) is 23.1 Å². The predicted molar refractivity (Wildman–Crippen MR) is 73.0 cm³/mol. The summed E-state index contributed by atoms with van der Waals surface area (Å²) in [5.74, 6) is 0. The zero-order valence-corrected chi connectivity index (χ0v) is 11.1. The maximum atomic E-state index is 5.73. The molecule has 88 valence electrons. The van der Waals surface area contributed by atoms with Crippen molar-refractivity contribution in [3.8, 4) is 0 Å². The van der Waals surface area contributed by atoms with E-state index in [4.69, 9.17) is 18.0 Å².